The second-order valence-electron chi connectivity index (χ2n) is 8.71. The summed E-state index contributed by atoms with van der Waals surface area (Å²) in [5.41, 5.74) is 3.87. The summed E-state index contributed by atoms with van der Waals surface area (Å²) in [7, 11) is 1.86. The van der Waals surface area contributed by atoms with Gasteiger partial charge >= 0.3 is 0 Å². The lowest BCUT2D eigenvalue weighted by Crippen LogP contribution is -2.50. The third kappa shape index (κ3) is 5.10. The molecule has 2 aliphatic heterocycles. The minimum Gasteiger partial charge on any atom is -0.373 e. The molecule has 3 heterocycles. The lowest BCUT2D eigenvalue weighted by Gasteiger charge is -2.36. The number of morpholine rings is 1. The molecule has 0 aliphatic carbocycles. The van der Waals surface area contributed by atoms with Crippen LogP contribution in [0.25, 0.3) is 0 Å². The Morgan fingerprint density at radius 1 is 1.03 bits per heavy atom. The number of aliphatic imine (C=N–C) groups is 1. The first kappa shape index (κ1) is 21.7. The number of hydrogen-bond donors (Lipinski definition) is 1. The number of aromatic nitrogens is 2. The maximum atomic E-state index is 6.16. The van der Waals surface area contributed by atoms with E-state index in [2.05, 4.69) is 79.8 Å². The summed E-state index contributed by atoms with van der Waals surface area (Å²) in [5.74, 6) is 0.932. The number of ether oxygens (including phenoxy) is 1. The quantitative estimate of drug-likeness (QED) is 0.468. The molecular weight excluding hydrogens is 412 g/mol. The molecule has 7 nitrogen and oxygen atoms in total. The molecule has 1 aromatic heterocycles. The first-order valence-corrected chi connectivity index (χ1v) is 11.7. The van der Waals surface area contributed by atoms with Crippen molar-refractivity contribution in [2.24, 2.45) is 4.99 Å². The second kappa shape index (κ2) is 10.2. The van der Waals surface area contributed by atoms with Crippen LogP contribution in [0, 0.1) is 0 Å². The smallest absolute Gasteiger partial charge is 0.194 e. The van der Waals surface area contributed by atoms with Crippen molar-refractivity contribution in [2.45, 2.75) is 31.8 Å². The van der Waals surface area contributed by atoms with Crippen molar-refractivity contribution in [3.05, 3.63) is 89.7 Å². The molecule has 0 radical (unpaired) electrons. The van der Waals surface area contributed by atoms with Crippen LogP contribution in [0.5, 0.6) is 0 Å². The molecule has 2 saturated heterocycles. The van der Waals surface area contributed by atoms with Crippen LogP contribution in [0.4, 0.5) is 0 Å². The number of rotatable bonds is 6. The van der Waals surface area contributed by atoms with Crippen LogP contribution in [0.2, 0.25) is 0 Å². The van der Waals surface area contributed by atoms with Crippen LogP contribution < -0.4 is 5.32 Å². The van der Waals surface area contributed by atoms with Crippen molar-refractivity contribution >= 4 is 5.96 Å². The average molecular weight is 445 g/mol. The number of likely N-dealkylation sites (tertiary alicyclic amines) is 1. The molecule has 2 atom stereocenters. The monoisotopic (exact) mass is 444 g/mol. The van der Waals surface area contributed by atoms with Crippen molar-refractivity contribution in [3.8, 4) is 0 Å². The zero-order valence-electron chi connectivity index (χ0n) is 19.2. The van der Waals surface area contributed by atoms with Gasteiger partial charge in [-0.3, -0.25) is 14.6 Å². The van der Waals surface area contributed by atoms with Gasteiger partial charge in [0.15, 0.2) is 5.96 Å². The molecule has 0 amide bonds. The molecule has 0 saturated carbocycles. The van der Waals surface area contributed by atoms with Gasteiger partial charge in [-0.15, -0.1) is 0 Å². The van der Waals surface area contributed by atoms with Gasteiger partial charge in [0, 0.05) is 52.2 Å². The summed E-state index contributed by atoms with van der Waals surface area (Å²) in [6.45, 7) is 6.00. The van der Waals surface area contributed by atoms with E-state index in [1.54, 1.807) is 0 Å². The van der Waals surface area contributed by atoms with Crippen LogP contribution in [0.3, 0.4) is 0 Å². The van der Waals surface area contributed by atoms with Gasteiger partial charge in [0.25, 0.3) is 0 Å². The Morgan fingerprint density at radius 2 is 1.85 bits per heavy atom. The van der Waals surface area contributed by atoms with E-state index in [1.807, 2.05) is 30.2 Å². The van der Waals surface area contributed by atoms with Crippen LogP contribution in [0.15, 0.2) is 78.0 Å². The fraction of sp³-hybridized carbons (Fsp3) is 0.385. The first-order chi connectivity index (χ1) is 16.3. The highest BCUT2D eigenvalue weighted by atomic mass is 16.5. The van der Waals surface area contributed by atoms with Gasteiger partial charge in [-0.2, -0.15) is 5.10 Å². The van der Waals surface area contributed by atoms with Crippen molar-refractivity contribution in [1.82, 2.24) is 24.9 Å². The minimum atomic E-state index is 0.216. The van der Waals surface area contributed by atoms with E-state index in [1.165, 1.54) is 16.7 Å². The first-order valence-electron chi connectivity index (χ1n) is 11.7. The largest absolute Gasteiger partial charge is 0.373 e. The van der Waals surface area contributed by atoms with E-state index in [9.17, 15) is 0 Å². The Labute approximate surface area is 195 Å². The van der Waals surface area contributed by atoms with Gasteiger partial charge in [-0.05, 0) is 22.8 Å². The number of guanidine groups is 1. The molecule has 0 spiro atoms. The number of nitrogens with zero attached hydrogens (tertiary/aromatic N) is 5. The summed E-state index contributed by atoms with van der Waals surface area (Å²) in [4.78, 5) is 9.50. The predicted molar refractivity (Wildman–Crippen MR) is 130 cm³/mol. The predicted octanol–water partition coefficient (Wildman–Crippen LogP) is 2.59. The molecule has 1 N–H and O–H groups in total. The van der Waals surface area contributed by atoms with E-state index in [4.69, 9.17) is 4.74 Å². The lowest BCUT2D eigenvalue weighted by molar-refractivity contribution is -0.0502. The zero-order valence-corrected chi connectivity index (χ0v) is 19.2. The van der Waals surface area contributed by atoms with Gasteiger partial charge in [-0.25, -0.2) is 0 Å². The lowest BCUT2D eigenvalue weighted by atomic mass is 10.1. The molecule has 33 heavy (non-hydrogen) atoms. The minimum absolute atomic E-state index is 0.216. The van der Waals surface area contributed by atoms with E-state index in [0.29, 0.717) is 6.04 Å². The Morgan fingerprint density at radius 3 is 2.64 bits per heavy atom. The van der Waals surface area contributed by atoms with E-state index in [0.717, 1.165) is 51.8 Å². The highest BCUT2D eigenvalue weighted by Crippen LogP contribution is 2.25. The Hall–Kier alpha value is -3.16. The molecule has 5 rings (SSSR count). The Balaban J connectivity index is 1.23. The molecule has 2 fully saturated rings. The maximum Gasteiger partial charge on any atom is 0.194 e. The van der Waals surface area contributed by atoms with E-state index < -0.39 is 0 Å². The zero-order chi connectivity index (χ0) is 22.5. The van der Waals surface area contributed by atoms with Gasteiger partial charge in [0.2, 0.25) is 0 Å². The third-order valence-corrected chi connectivity index (χ3v) is 6.60. The van der Waals surface area contributed by atoms with E-state index >= 15 is 0 Å². The average Bonchev–Trinajstić information content (AvgIpc) is 3.52. The summed E-state index contributed by atoms with van der Waals surface area (Å²) >= 11 is 0. The van der Waals surface area contributed by atoms with Gasteiger partial charge in [-0.1, -0.05) is 54.6 Å². The third-order valence-electron chi connectivity index (χ3n) is 6.60. The van der Waals surface area contributed by atoms with Gasteiger partial charge in [0.05, 0.1) is 25.3 Å². The van der Waals surface area contributed by atoms with Gasteiger partial charge in [0.1, 0.15) is 0 Å². The summed E-state index contributed by atoms with van der Waals surface area (Å²) < 4.78 is 8.12. The molecule has 2 aromatic carbocycles. The van der Waals surface area contributed by atoms with Gasteiger partial charge < -0.3 is 15.0 Å². The molecule has 2 unspecified atom stereocenters. The number of hydrogen-bond acceptors (Lipinski definition) is 4. The highest BCUT2D eigenvalue weighted by molar-refractivity contribution is 5.80. The Kier molecular flexibility index (Phi) is 6.69. The molecule has 7 heteroatoms. The summed E-state index contributed by atoms with van der Waals surface area (Å²) in [6, 6.07) is 21.6. The topological polar surface area (TPSA) is 57.9 Å². The van der Waals surface area contributed by atoms with Crippen molar-refractivity contribution in [3.63, 3.8) is 0 Å². The van der Waals surface area contributed by atoms with Crippen molar-refractivity contribution in [2.75, 3.05) is 33.3 Å². The normalized spacial score (nSPS) is 21.2. The number of benzene rings is 2. The van der Waals surface area contributed by atoms with Crippen molar-refractivity contribution in [1.29, 1.82) is 0 Å². The molecule has 172 valence electrons. The summed E-state index contributed by atoms with van der Waals surface area (Å²) in [5, 5.41) is 7.95. The van der Waals surface area contributed by atoms with Crippen LogP contribution in [-0.4, -0.2) is 71.0 Å². The number of fused-ring (bicyclic) bond motifs is 1. The molecule has 2 aliphatic rings. The fourth-order valence-corrected chi connectivity index (χ4v) is 4.90. The SMILES string of the molecule is CN=C(NCc1ccccc1Cn1cccn1)N1CC2OCCN(Cc3ccccc3)C2C1. The standard InChI is InChI=1S/C26H32N6O/c1-27-26(28-16-22-10-5-6-11-23(22)18-32-13-7-12-29-32)31-19-24-25(20-31)33-15-14-30(24)17-21-8-3-2-4-9-21/h2-13,24-25H,14-20H2,1H3,(H,27,28). The number of nitrogens with one attached hydrogen (secondary N) is 1. The summed E-state index contributed by atoms with van der Waals surface area (Å²) in [6.07, 6.45) is 4.03. The molecule has 3 aromatic rings. The highest BCUT2D eigenvalue weighted by Gasteiger charge is 2.41. The van der Waals surface area contributed by atoms with E-state index in [-0.39, 0.29) is 6.10 Å². The van der Waals surface area contributed by atoms with Crippen LogP contribution >= 0.6 is 0 Å². The maximum absolute atomic E-state index is 6.16. The van der Waals surface area contributed by atoms with Crippen LogP contribution in [-0.2, 0) is 24.4 Å². The fourth-order valence-electron chi connectivity index (χ4n) is 4.90. The molecule has 0 bridgehead atoms. The molecular formula is C26H32N6O. The second-order valence-corrected chi connectivity index (χ2v) is 8.71. The van der Waals surface area contributed by atoms with Crippen LogP contribution in [0.1, 0.15) is 16.7 Å². The van der Waals surface area contributed by atoms with Crippen molar-refractivity contribution < 1.29 is 4.74 Å². The Bertz CT molecular complexity index is 1050.